The van der Waals surface area contributed by atoms with Gasteiger partial charge in [-0.3, -0.25) is 9.69 Å². The first kappa shape index (κ1) is 11.9. The first-order valence-corrected chi connectivity index (χ1v) is 5.99. The Morgan fingerprint density at radius 1 is 1.35 bits per heavy atom. The van der Waals surface area contributed by atoms with Crippen LogP contribution in [0.3, 0.4) is 0 Å². The van der Waals surface area contributed by atoms with E-state index in [1.54, 1.807) is 7.05 Å². The van der Waals surface area contributed by atoms with Crippen LogP contribution in [0.4, 0.5) is 5.69 Å². The molecule has 1 aliphatic heterocycles. The summed E-state index contributed by atoms with van der Waals surface area (Å²) in [5.74, 6) is 0.0791. The van der Waals surface area contributed by atoms with E-state index >= 15 is 0 Å². The predicted molar refractivity (Wildman–Crippen MR) is 68.8 cm³/mol. The minimum absolute atomic E-state index is 0.0791. The van der Waals surface area contributed by atoms with Gasteiger partial charge >= 0.3 is 0 Å². The Morgan fingerprint density at radius 2 is 2.06 bits per heavy atom. The van der Waals surface area contributed by atoms with E-state index < -0.39 is 0 Å². The minimum atomic E-state index is 0.0791. The Bertz CT molecular complexity index is 417. The van der Waals surface area contributed by atoms with Crippen LogP contribution in [0, 0.1) is 0 Å². The molecule has 1 aliphatic rings. The zero-order chi connectivity index (χ0) is 12.3. The van der Waals surface area contributed by atoms with Crippen LogP contribution in [-0.4, -0.2) is 37.5 Å². The maximum Gasteiger partial charge on any atom is 0.233 e. The van der Waals surface area contributed by atoms with Crippen LogP contribution in [0.2, 0.25) is 0 Å². The van der Waals surface area contributed by atoms with Gasteiger partial charge in [0.25, 0.3) is 0 Å². The highest BCUT2D eigenvalue weighted by molar-refractivity contribution is 5.77. The van der Waals surface area contributed by atoms with Crippen molar-refractivity contribution in [2.75, 3.05) is 32.4 Å². The van der Waals surface area contributed by atoms with Crippen molar-refractivity contribution in [3.8, 4) is 0 Å². The molecule has 0 saturated carbocycles. The molecule has 0 spiro atoms. The SMILES string of the molecule is CNC(=O)CN1CCc2ccc(N)cc2CC1. The molecule has 0 aliphatic carbocycles. The summed E-state index contributed by atoms with van der Waals surface area (Å²) in [6.45, 7) is 2.34. The molecule has 1 aromatic rings. The molecule has 4 nitrogen and oxygen atoms in total. The molecule has 4 heteroatoms. The Hall–Kier alpha value is -1.55. The van der Waals surface area contributed by atoms with Crippen LogP contribution >= 0.6 is 0 Å². The summed E-state index contributed by atoms with van der Waals surface area (Å²) in [7, 11) is 1.68. The summed E-state index contributed by atoms with van der Waals surface area (Å²) < 4.78 is 0. The lowest BCUT2D eigenvalue weighted by Crippen LogP contribution is -2.37. The highest BCUT2D eigenvalue weighted by atomic mass is 16.1. The van der Waals surface area contributed by atoms with Crippen molar-refractivity contribution in [3.05, 3.63) is 29.3 Å². The van der Waals surface area contributed by atoms with Gasteiger partial charge in [0.1, 0.15) is 0 Å². The highest BCUT2D eigenvalue weighted by Gasteiger charge is 2.15. The third-order valence-corrected chi connectivity index (χ3v) is 3.27. The van der Waals surface area contributed by atoms with Gasteiger partial charge in [0.15, 0.2) is 0 Å². The molecule has 0 bridgehead atoms. The zero-order valence-electron chi connectivity index (χ0n) is 10.2. The normalized spacial score (nSPS) is 16.1. The van der Waals surface area contributed by atoms with Crippen molar-refractivity contribution in [3.63, 3.8) is 0 Å². The Kier molecular flexibility index (Phi) is 3.64. The lowest BCUT2D eigenvalue weighted by molar-refractivity contribution is -0.121. The third-order valence-electron chi connectivity index (χ3n) is 3.27. The fourth-order valence-electron chi connectivity index (χ4n) is 2.23. The standard InChI is InChI=1S/C13H19N3O/c1-15-13(17)9-16-6-4-10-2-3-12(14)8-11(10)5-7-16/h2-3,8H,4-7,9,14H2,1H3,(H,15,17). The molecular formula is C13H19N3O. The van der Waals surface area contributed by atoms with Crippen molar-refractivity contribution in [2.45, 2.75) is 12.8 Å². The van der Waals surface area contributed by atoms with Crippen molar-refractivity contribution < 1.29 is 4.79 Å². The molecule has 1 amide bonds. The number of rotatable bonds is 2. The van der Waals surface area contributed by atoms with Gasteiger partial charge in [0.2, 0.25) is 5.91 Å². The van der Waals surface area contributed by atoms with E-state index in [9.17, 15) is 4.79 Å². The van der Waals surface area contributed by atoms with E-state index in [2.05, 4.69) is 22.3 Å². The van der Waals surface area contributed by atoms with E-state index in [0.29, 0.717) is 6.54 Å². The van der Waals surface area contributed by atoms with Gasteiger partial charge in [0, 0.05) is 25.8 Å². The number of anilines is 1. The molecule has 0 fully saturated rings. The largest absolute Gasteiger partial charge is 0.399 e. The Morgan fingerprint density at radius 3 is 2.76 bits per heavy atom. The second-order valence-electron chi connectivity index (χ2n) is 4.48. The molecule has 1 heterocycles. The molecule has 0 atom stereocenters. The average molecular weight is 233 g/mol. The maximum atomic E-state index is 11.3. The molecule has 0 aromatic heterocycles. The predicted octanol–water partition coefficient (Wildman–Crippen LogP) is 0.415. The molecular weight excluding hydrogens is 214 g/mol. The fourth-order valence-corrected chi connectivity index (χ4v) is 2.23. The van der Waals surface area contributed by atoms with Crippen LogP contribution in [0.5, 0.6) is 0 Å². The molecule has 0 unspecified atom stereocenters. The van der Waals surface area contributed by atoms with Crippen molar-refractivity contribution >= 4 is 11.6 Å². The van der Waals surface area contributed by atoms with Crippen molar-refractivity contribution in [1.82, 2.24) is 10.2 Å². The summed E-state index contributed by atoms with van der Waals surface area (Å²) >= 11 is 0. The first-order chi connectivity index (χ1) is 8.19. The molecule has 0 saturated heterocycles. The summed E-state index contributed by atoms with van der Waals surface area (Å²) in [5, 5.41) is 2.66. The van der Waals surface area contributed by atoms with E-state index in [1.807, 2.05) is 6.07 Å². The van der Waals surface area contributed by atoms with Gasteiger partial charge in [-0.2, -0.15) is 0 Å². The van der Waals surface area contributed by atoms with E-state index in [-0.39, 0.29) is 5.91 Å². The number of nitrogens with zero attached hydrogens (tertiary/aromatic N) is 1. The number of nitrogens with two attached hydrogens (primary N) is 1. The number of hydrogen-bond acceptors (Lipinski definition) is 3. The summed E-state index contributed by atoms with van der Waals surface area (Å²) in [6.07, 6.45) is 1.96. The number of likely N-dealkylation sites (N-methyl/N-ethyl adjacent to an activating group) is 1. The monoisotopic (exact) mass is 233 g/mol. The van der Waals surface area contributed by atoms with Crippen LogP contribution in [0.15, 0.2) is 18.2 Å². The van der Waals surface area contributed by atoms with Crippen molar-refractivity contribution in [1.29, 1.82) is 0 Å². The number of nitrogens with one attached hydrogen (secondary N) is 1. The zero-order valence-corrected chi connectivity index (χ0v) is 10.2. The summed E-state index contributed by atoms with van der Waals surface area (Å²) in [6, 6.07) is 6.11. The molecule has 2 rings (SSSR count). The highest BCUT2D eigenvalue weighted by Crippen LogP contribution is 2.18. The third kappa shape index (κ3) is 2.97. The van der Waals surface area contributed by atoms with Gasteiger partial charge < -0.3 is 11.1 Å². The maximum absolute atomic E-state index is 11.3. The summed E-state index contributed by atoms with van der Waals surface area (Å²) in [4.78, 5) is 13.5. The average Bonchev–Trinajstić information content (AvgIpc) is 2.52. The van der Waals surface area contributed by atoms with Crippen LogP contribution in [0.25, 0.3) is 0 Å². The number of benzene rings is 1. The van der Waals surface area contributed by atoms with E-state index in [1.165, 1.54) is 11.1 Å². The number of fused-ring (bicyclic) bond motifs is 1. The Balaban J connectivity index is 2.03. The lowest BCUT2D eigenvalue weighted by Gasteiger charge is -2.18. The van der Waals surface area contributed by atoms with Crippen molar-refractivity contribution in [2.24, 2.45) is 0 Å². The van der Waals surface area contributed by atoms with Gasteiger partial charge in [-0.15, -0.1) is 0 Å². The summed E-state index contributed by atoms with van der Waals surface area (Å²) in [5.41, 5.74) is 9.30. The van der Waals surface area contributed by atoms with Crippen LogP contribution in [0.1, 0.15) is 11.1 Å². The smallest absolute Gasteiger partial charge is 0.233 e. The van der Waals surface area contributed by atoms with Crippen LogP contribution in [-0.2, 0) is 17.6 Å². The topological polar surface area (TPSA) is 58.4 Å². The lowest BCUT2D eigenvalue weighted by atomic mass is 10.0. The van der Waals surface area contributed by atoms with Gasteiger partial charge in [-0.25, -0.2) is 0 Å². The number of amides is 1. The van der Waals surface area contributed by atoms with Crippen LogP contribution < -0.4 is 11.1 Å². The molecule has 1 aromatic carbocycles. The molecule has 0 radical (unpaired) electrons. The second-order valence-corrected chi connectivity index (χ2v) is 4.48. The molecule has 92 valence electrons. The van der Waals surface area contributed by atoms with Gasteiger partial charge in [-0.05, 0) is 36.1 Å². The quantitative estimate of drug-likeness (QED) is 0.728. The van der Waals surface area contributed by atoms with E-state index in [4.69, 9.17) is 5.73 Å². The number of carbonyl (C=O) groups excluding carboxylic acids is 1. The first-order valence-electron chi connectivity index (χ1n) is 5.99. The molecule has 17 heavy (non-hydrogen) atoms. The molecule has 3 N–H and O–H groups in total. The number of carbonyl (C=O) groups is 1. The number of hydrogen-bond donors (Lipinski definition) is 2. The Labute approximate surface area is 102 Å². The minimum Gasteiger partial charge on any atom is -0.399 e. The second kappa shape index (κ2) is 5.19. The van der Waals surface area contributed by atoms with Gasteiger partial charge in [0.05, 0.1) is 6.54 Å². The fraction of sp³-hybridized carbons (Fsp3) is 0.462. The van der Waals surface area contributed by atoms with Gasteiger partial charge in [-0.1, -0.05) is 6.07 Å². The van der Waals surface area contributed by atoms with E-state index in [0.717, 1.165) is 31.6 Å². The number of nitrogen functional groups attached to an aromatic ring is 1.